The van der Waals surface area contributed by atoms with Crippen molar-refractivity contribution in [3.63, 3.8) is 0 Å². The van der Waals surface area contributed by atoms with E-state index in [0.29, 0.717) is 6.61 Å². The first kappa shape index (κ1) is 19.8. The summed E-state index contributed by atoms with van der Waals surface area (Å²) in [4.78, 5) is 17.7. The number of amides is 1. The zero-order valence-corrected chi connectivity index (χ0v) is 16.4. The summed E-state index contributed by atoms with van der Waals surface area (Å²) < 4.78 is 5.30. The lowest BCUT2D eigenvalue weighted by Gasteiger charge is -2.42. The van der Waals surface area contributed by atoms with Gasteiger partial charge in [0.1, 0.15) is 0 Å². The Balaban J connectivity index is 1.77. The molecule has 146 valence electrons. The van der Waals surface area contributed by atoms with Crippen molar-refractivity contribution in [2.75, 3.05) is 39.9 Å². The molecule has 5 heteroatoms. The van der Waals surface area contributed by atoms with Crippen LogP contribution in [0.1, 0.15) is 30.1 Å². The van der Waals surface area contributed by atoms with Crippen LogP contribution in [-0.4, -0.2) is 67.7 Å². The van der Waals surface area contributed by atoms with Crippen LogP contribution >= 0.6 is 0 Å². The van der Waals surface area contributed by atoms with Crippen LogP contribution in [-0.2, 0) is 4.74 Å². The van der Waals surface area contributed by atoms with E-state index in [1.165, 1.54) is 0 Å². The highest BCUT2D eigenvalue weighted by Crippen LogP contribution is 2.22. The number of hydrogen-bond donors (Lipinski definition) is 1. The Bertz CT molecular complexity index is 759. The number of nitrogens with two attached hydrogens (primary N) is 1. The Morgan fingerprint density at radius 3 is 2.78 bits per heavy atom. The molecular weight excluding hydrogens is 338 g/mol. The standard InChI is InChI=1S/C22H31N3O2/c1-3-18(23)15-24-12-13-25(16-19(24)11-14-27-2)22(26)21-10-6-8-17-7-4-5-9-20(17)21/h4-10,18-19H,3,11-16,23H2,1-2H3/t18-,19-/m0/s1. The molecule has 5 nitrogen and oxygen atoms in total. The van der Waals surface area contributed by atoms with E-state index in [1.807, 2.05) is 35.2 Å². The molecule has 0 saturated carbocycles. The molecule has 2 aromatic carbocycles. The number of fused-ring (bicyclic) bond motifs is 1. The van der Waals surface area contributed by atoms with Gasteiger partial charge in [-0.25, -0.2) is 0 Å². The van der Waals surface area contributed by atoms with Crippen molar-refractivity contribution in [3.05, 3.63) is 48.0 Å². The first-order valence-corrected chi connectivity index (χ1v) is 9.89. The van der Waals surface area contributed by atoms with Crippen LogP contribution in [0.15, 0.2) is 42.5 Å². The molecule has 1 amide bonds. The molecule has 0 radical (unpaired) electrons. The smallest absolute Gasteiger partial charge is 0.254 e. The fourth-order valence-corrected chi connectivity index (χ4v) is 3.86. The third-order valence-electron chi connectivity index (χ3n) is 5.56. The molecule has 0 spiro atoms. The molecule has 0 aromatic heterocycles. The number of hydrogen-bond acceptors (Lipinski definition) is 4. The van der Waals surface area contributed by atoms with Gasteiger partial charge in [-0.15, -0.1) is 0 Å². The molecule has 1 aliphatic rings. The van der Waals surface area contributed by atoms with Crippen molar-refractivity contribution >= 4 is 16.7 Å². The molecule has 1 fully saturated rings. The molecule has 3 rings (SSSR count). The second-order valence-corrected chi connectivity index (χ2v) is 7.38. The number of piperazine rings is 1. The highest BCUT2D eigenvalue weighted by molar-refractivity contribution is 6.07. The minimum Gasteiger partial charge on any atom is -0.385 e. The number of ether oxygens (including phenoxy) is 1. The fraction of sp³-hybridized carbons (Fsp3) is 0.500. The molecule has 2 aromatic rings. The minimum absolute atomic E-state index is 0.119. The molecule has 0 aliphatic carbocycles. The largest absolute Gasteiger partial charge is 0.385 e. The van der Waals surface area contributed by atoms with Gasteiger partial charge in [-0.05, 0) is 29.7 Å². The average molecular weight is 370 g/mol. The van der Waals surface area contributed by atoms with Crippen molar-refractivity contribution in [3.8, 4) is 0 Å². The average Bonchev–Trinajstić information content (AvgIpc) is 2.71. The second kappa shape index (κ2) is 9.31. The highest BCUT2D eigenvalue weighted by atomic mass is 16.5. The van der Waals surface area contributed by atoms with Gasteiger partial charge < -0.3 is 15.4 Å². The Hall–Kier alpha value is -1.95. The Labute approximate surface area is 162 Å². The van der Waals surface area contributed by atoms with E-state index in [-0.39, 0.29) is 18.0 Å². The van der Waals surface area contributed by atoms with E-state index in [0.717, 1.165) is 55.4 Å². The lowest BCUT2D eigenvalue weighted by molar-refractivity contribution is 0.0376. The zero-order chi connectivity index (χ0) is 19.2. The van der Waals surface area contributed by atoms with Crippen LogP contribution in [0.5, 0.6) is 0 Å². The molecule has 0 bridgehead atoms. The van der Waals surface area contributed by atoms with Crippen LogP contribution in [0.3, 0.4) is 0 Å². The minimum atomic E-state index is 0.119. The van der Waals surface area contributed by atoms with Gasteiger partial charge in [-0.3, -0.25) is 9.69 Å². The Kier molecular flexibility index (Phi) is 6.83. The Morgan fingerprint density at radius 2 is 2.00 bits per heavy atom. The van der Waals surface area contributed by atoms with E-state index in [1.54, 1.807) is 7.11 Å². The molecule has 1 heterocycles. The molecule has 2 atom stereocenters. The molecular formula is C22H31N3O2. The third kappa shape index (κ3) is 4.67. The molecule has 2 N–H and O–H groups in total. The summed E-state index contributed by atoms with van der Waals surface area (Å²) in [7, 11) is 1.73. The predicted molar refractivity (Wildman–Crippen MR) is 110 cm³/mol. The number of benzene rings is 2. The van der Waals surface area contributed by atoms with Gasteiger partial charge in [0.25, 0.3) is 5.91 Å². The number of rotatable bonds is 7. The van der Waals surface area contributed by atoms with Gasteiger partial charge in [0.05, 0.1) is 0 Å². The van der Waals surface area contributed by atoms with E-state index in [9.17, 15) is 4.79 Å². The summed E-state index contributed by atoms with van der Waals surface area (Å²) in [6, 6.07) is 14.5. The monoisotopic (exact) mass is 369 g/mol. The number of carbonyl (C=O) groups excluding carboxylic acids is 1. The van der Waals surface area contributed by atoms with Crippen molar-refractivity contribution < 1.29 is 9.53 Å². The predicted octanol–water partition coefficient (Wildman–Crippen LogP) is 2.74. The maximum atomic E-state index is 13.3. The zero-order valence-electron chi connectivity index (χ0n) is 16.4. The van der Waals surface area contributed by atoms with Gasteiger partial charge in [0, 0.05) is 57.5 Å². The van der Waals surface area contributed by atoms with Crippen molar-refractivity contribution in [2.24, 2.45) is 5.73 Å². The Morgan fingerprint density at radius 1 is 1.22 bits per heavy atom. The summed E-state index contributed by atoms with van der Waals surface area (Å²) in [5.41, 5.74) is 6.98. The molecule has 1 saturated heterocycles. The number of methoxy groups -OCH3 is 1. The van der Waals surface area contributed by atoms with Crippen LogP contribution < -0.4 is 5.73 Å². The van der Waals surface area contributed by atoms with Gasteiger partial charge in [0.15, 0.2) is 0 Å². The summed E-state index contributed by atoms with van der Waals surface area (Å²) in [5.74, 6) is 0.119. The second-order valence-electron chi connectivity index (χ2n) is 7.38. The van der Waals surface area contributed by atoms with Crippen molar-refractivity contribution in [1.29, 1.82) is 0 Å². The van der Waals surface area contributed by atoms with Crippen LogP contribution in [0.2, 0.25) is 0 Å². The number of carbonyl (C=O) groups is 1. The molecule has 27 heavy (non-hydrogen) atoms. The lowest BCUT2D eigenvalue weighted by atomic mass is 10.0. The van der Waals surface area contributed by atoms with Gasteiger partial charge in [-0.2, -0.15) is 0 Å². The van der Waals surface area contributed by atoms with Crippen molar-refractivity contribution in [1.82, 2.24) is 9.80 Å². The van der Waals surface area contributed by atoms with E-state index in [2.05, 4.69) is 24.0 Å². The normalized spacial score (nSPS) is 19.4. The summed E-state index contributed by atoms with van der Waals surface area (Å²) in [5, 5.41) is 2.13. The molecule has 1 aliphatic heterocycles. The van der Waals surface area contributed by atoms with E-state index >= 15 is 0 Å². The summed E-state index contributed by atoms with van der Waals surface area (Å²) in [6.45, 7) is 6.01. The van der Waals surface area contributed by atoms with E-state index < -0.39 is 0 Å². The third-order valence-corrected chi connectivity index (χ3v) is 5.56. The first-order valence-electron chi connectivity index (χ1n) is 9.89. The fourth-order valence-electron chi connectivity index (χ4n) is 3.86. The number of nitrogens with zero attached hydrogens (tertiary/aromatic N) is 2. The lowest BCUT2D eigenvalue weighted by Crippen LogP contribution is -2.57. The summed E-state index contributed by atoms with van der Waals surface area (Å²) >= 11 is 0. The highest BCUT2D eigenvalue weighted by Gasteiger charge is 2.30. The topological polar surface area (TPSA) is 58.8 Å². The summed E-state index contributed by atoms with van der Waals surface area (Å²) in [6.07, 6.45) is 1.87. The van der Waals surface area contributed by atoms with Gasteiger partial charge in [-0.1, -0.05) is 43.3 Å². The van der Waals surface area contributed by atoms with Gasteiger partial charge >= 0.3 is 0 Å². The first-order chi connectivity index (χ1) is 13.1. The molecule has 0 unspecified atom stereocenters. The van der Waals surface area contributed by atoms with Crippen LogP contribution in [0.25, 0.3) is 10.8 Å². The van der Waals surface area contributed by atoms with E-state index in [4.69, 9.17) is 10.5 Å². The maximum absolute atomic E-state index is 13.3. The van der Waals surface area contributed by atoms with Crippen LogP contribution in [0.4, 0.5) is 0 Å². The van der Waals surface area contributed by atoms with Crippen LogP contribution in [0, 0.1) is 0 Å². The van der Waals surface area contributed by atoms with Gasteiger partial charge in [0.2, 0.25) is 0 Å². The quantitative estimate of drug-likeness (QED) is 0.815. The SMILES string of the molecule is CC[C@H](N)CN1CCN(C(=O)c2cccc3ccccc23)C[C@@H]1CCOC. The maximum Gasteiger partial charge on any atom is 0.254 e. The van der Waals surface area contributed by atoms with Crippen molar-refractivity contribution in [2.45, 2.75) is 31.8 Å².